The van der Waals surface area contributed by atoms with Crippen LogP contribution in [-0.4, -0.2) is 24.1 Å². The summed E-state index contributed by atoms with van der Waals surface area (Å²) in [5, 5.41) is 0. The van der Waals surface area contributed by atoms with Crippen LogP contribution in [0, 0.1) is 5.77 Å². The van der Waals surface area contributed by atoms with Crippen molar-refractivity contribution in [3.8, 4) is 0 Å². The van der Waals surface area contributed by atoms with E-state index in [-0.39, 0.29) is 12.1 Å². The van der Waals surface area contributed by atoms with Gasteiger partial charge in [-0.05, 0) is 12.1 Å². The molecule has 0 amide bonds. The van der Waals surface area contributed by atoms with Gasteiger partial charge in [0.15, 0.2) is 12.1 Å². The fourth-order valence-corrected chi connectivity index (χ4v) is 7.58. The number of rotatable bonds is 6. The van der Waals surface area contributed by atoms with Gasteiger partial charge in [-0.3, -0.25) is 0 Å². The maximum atomic E-state index is 11.5. The molecule has 0 spiro atoms. The number of alkyl halides is 2. The van der Waals surface area contributed by atoms with Gasteiger partial charge in [0.05, 0.1) is 0 Å². The van der Waals surface area contributed by atoms with Crippen LogP contribution >= 0.6 is 45.9 Å². The molecule has 2 aromatic heterocycles. The number of hydrogen-bond donors (Lipinski definition) is 0. The maximum Gasteiger partial charge on any atom is 0.381 e. The molecule has 2 aromatic rings. The van der Waals surface area contributed by atoms with E-state index in [9.17, 15) is 9.59 Å². The van der Waals surface area contributed by atoms with Gasteiger partial charge in [-0.1, -0.05) is 45.9 Å². The number of esters is 2. The SMILES string of the molecule is O=C(OCCl)c1ccc([I+]c2ccc(C(=O)OCCl)s2)s1. The predicted octanol–water partition coefficient (Wildman–Crippen LogP) is 0.644. The Bertz CT molecular complexity index is 586. The maximum absolute atomic E-state index is 11.5. The summed E-state index contributed by atoms with van der Waals surface area (Å²) in [7, 11) is 0. The summed E-state index contributed by atoms with van der Waals surface area (Å²) in [6.07, 6.45) is 0. The second kappa shape index (κ2) is 8.33. The van der Waals surface area contributed by atoms with Crippen molar-refractivity contribution < 1.29 is 40.3 Å². The van der Waals surface area contributed by atoms with E-state index in [1.54, 1.807) is 12.1 Å². The van der Waals surface area contributed by atoms with Crippen molar-refractivity contribution in [3.05, 3.63) is 39.8 Å². The van der Waals surface area contributed by atoms with E-state index in [0.717, 1.165) is 5.77 Å². The Morgan fingerprint density at radius 2 is 1.33 bits per heavy atom. The molecule has 2 heterocycles. The fourth-order valence-electron chi connectivity index (χ4n) is 1.28. The lowest BCUT2D eigenvalue weighted by Crippen LogP contribution is -3.61. The van der Waals surface area contributed by atoms with Crippen molar-refractivity contribution in [3.63, 3.8) is 0 Å². The van der Waals surface area contributed by atoms with E-state index in [2.05, 4.69) is 0 Å². The Hall–Kier alpha value is -0.350. The molecule has 4 nitrogen and oxygen atoms in total. The molecule has 9 heteroatoms. The highest BCUT2D eigenvalue weighted by atomic mass is 127. The van der Waals surface area contributed by atoms with E-state index in [1.165, 1.54) is 22.7 Å². The summed E-state index contributed by atoms with van der Waals surface area (Å²) in [5.74, 6) is -0.828. The lowest BCUT2D eigenvalue weighted by Gasteiger charge is -1.94. The smallest absolute Gasteiger partial charge is 0.381 e. The number of ether oxygens (including phenoxy) is 2. The summed E-state index contributed by atoms with van der Waals surface area (Å²) in [6, 6.07) is 6.95. The molecule has 0 aromatic carbocycles. The van der Waals surface area contributed by atoms with Crippen molar-refractivity contribution in [1.29, 1.82) is 0 Å². The molecule has 0 saturated carbocycles. The Morgan fingerprint density at radius 3 is 1.71 bits per heavy atom. The Morgan fingerprint density at radius 1 is 0.905 bits per heavy atom. The lowest BCUT2D eigenvalue weighted by atomic mass is 10.5. The zero-order valence-electron chi connectivity index (χ0n) is 10.3. The number of halogens is 3. The highest BCUT2D eigenvalue weighted by Crippen LogP contribution is 2.13. The number of carbonyl (C=O) groups is 2. The summed E-state index contributed by atoms with van der Waals surface area (Å²) >= 11 is 13.0. The molecule has 0 atom stereocenters. The Labute approximate surface area is 149 Å². The summed E-state index contributed by atoms with van der Waals surface area (Å²) < 4.78 is 11.7. The van der Waals surface area contributed by atoms with Gasteiger partial charge in [0.25, 0.3) is 0 Å². The summed E-state index contributed by atoms with van der Waals surface area (Å²) in [5.41, 5.74) is 0. The first-order valence-corrected chi connectivity index (χ1v) is 10.3. The lowest BCUT2D eigenvalue weighted by molar-refractivity contribution is -0.585. The third kappa shape index (κ3) is 4.82. The molecule has 21 heavy (non-hydrogen) atoms. The molecule has 0 unspecified atom stereocenters. The molecule has 0 saturated heterocycles. The minimum absolute atomic E-state index is 0.155. The topological polar surface area (TPSA) is 52.6 Å². The van der Waals surface area contributed by atoms with E-state index >= 15 is 0 Å². The van der Waals surface area contributed by atoms with E-state index < -0.39 is 33.1 Å². The zero-order valence-corrected chi connectivity index (χ0v) is 15.6. The third-order valence-corrected chi connectivity index (χ3v) is 8.17. The van der Waals surface area contributed by atoms with Gasteiger partial charge in [-0.2, -0.15) is 0 Å². The van der Waals surface area contributed by atoms with Gasteiger partial charge in [-0.25, -0.2) is 9.59 Å². The average Bonchev–Trinajstić information content (AvgIpc) is 3.09. The molecular weight excluding hydrogens is 470 g/mol. The largest absolute Gasteiger partial charge is 0.445 e. The number of thiophene rings is 2. The second-order valence-electron chi connectivity index (χ2n) is 3.38. The fraction of sp³-hybridized carbons (Fsp3) is 0.167. The number of carbonyl (C=O) groups excluding carboxylic acids is 2. The second-order valence-corrected chi connectivity index (χ2v) is 10.3. The van der Waals surface area contributed by atoms with Crippen molar-refractivity contribution in [2.75, 3.05) is 12.1 Å². The van der Waals surface area contributed by atoms with Gasteiger partial charge in [-0.15, -0.1) is 0 Å². The molecule has 0 radical (unpaired) electrons. The van der Waals surface area contributed by atoms with Crippen molar-refractivity contribution in [2.45, 2.75) is 0 Å². The third-order valence-electron chi connectivity index (χ3n) is 2.11. The molecular formula is C12H8Cl2IO4S2+. The van der Waals surface area contributed by atoms with Gasteiger partial charge in [0.1, 0.15) is 9.75 Å². The molecule has 2 rings (SSSR count). The van der Waals surface area contributed by atoms with Crippen LogP contribution in [-0.2, 0) is 9.47 Å². The van der Waals surface area contributed by atoms with Crippen LogP contribution < -0.4 is 21.2 Å². The molecule has 0 N–H and O–H groups in total. The van der Waals surface area contributed by atoms with Crippen molar-refractivity contribution >= 4 is 57.8 Å². The first-order valence-electron chi connectivity index (χ1n) is 5.44. The summed E-state index contributed by atoms with van der Waals surface area (Å²) in [4.78, 5) is 24.1. The van der Waals surface area contributed by atoms with Gasteiger partial charge in [0.2, 0.25) is 5.77 Å². The predicted molar refractivity (Wildman–Crippen MR) is 78.3 cm³/mol. The van der Waals surface area contributed by atoms with Crippen LogP contribution in [0.5, 0.6) is 0 Å². The van der Waals surface area contributed by atoms with Crippen molar-refractivity contribution in [1.82, 2.24) is 0 Å². The summed E-state index contributed by atoms with van der Waals surface area (Å²) in [6.45, 7) is 0. The minimum atomic E-state index is -0.445. The molecule has 0 aliphatic heterocycles. The molecule has 0 fully saturated rings. The highest BCUT2D eigenvalue weighted by molar-refractivity contribution is 7.12. The first kappa shape index (κ1) is 17.0. The standard InChI is InChI=1S/C12H8Cl2IO4S2/c13-5-18-11(16)7-1-3-9(20-7)15-10-4-2-8(21-10)12(17)19-6-14/h1-4H,5-6H2/q+1. The Balaban J connectivity index is 2.02. The normalized spacial score (nSPS) is 10.4. The van der Waals surface area contributed by atoms with Crippen molar-refractivity contribution in [2.24, 2.45) is 0 Å². The number of hydrogen-bond acceptors (Lipinski definition) is 6. The van der Waals surface area contributed by atoms with Crippen LogP contribution in [0.1, 0.15) is 19.3 Å². The Kier molecular flexibility index (Phi) is 6.74. The van der Waals surface area contributed by atoms with E-state index in [4.69, 9.17) is 32.7 Å². The molecule has 112 valence electrons. The van der Waals surface area contributed by atoms with Crippen LogP contribution in [0.15, 0.2) is 24.3 Å². The van der Waals surface area contributed by atoms with E-state index in [0.29, 0.717) is 9.75 Å². The van der Waals surface area contributed by atoms with Crippen LogP contribution in [0.4, 0.5) is 0 Å². The zero-order chi connectivity index (χ0) is 15.2. The molecule has 0 aliphatic rings. The minimum Gasteiger partial charge on any atom is -0.445 e. The van der Waals surface area contributed by atoms with Gasteiger partial charge < -0.3 is 9.47 Å². The first-order chi connectivity index (χ1) is 10.1. The quantitative estimate of drug-likeness (QED) is 0.348. The highest BCUT2D eigenvalue weighted by Gasteiger charge is 2.24. The molecule has 0 aliphatic carbocycles. The van der Waals surface area contributed by atoms with Gasteiger partial charge >= 0.3 is 33.1 Å². The average molecular weight is 478 g/mol. The van der Waals surface area contributed by atoms with Crippen LogP contribution in [0.3, 0.4) is 0 Å². The van der Waals surface area contributed by atoms with Crippen LogP contribution in [0.25, 0.3) is 0 Å². The van der Waals surface area contributed by atoms with Crippen LogP contribution in [0.2, 0.25) is 0 Å². The molecule has 0 bridgehead atoms. The monoisotopic (exact) mass is 477 g/mol. The van der Waals surface area contributed by atoms with E-state index in [1.807, 2.05) is 12.1 Å². The van der Waals surface area contributed by atoms with Gasteiger partial charge in [0, 0.05) is 12.1 Å².